The topological polar surface area (TPSA) is 83.5 Å². The van der Waals surface area contributed by atoms with E-state index in [1.165, 1.54) is 0 Å². The molecule has 0 saturated heterocycles. The molecule has 6 heteroatoms. The van der Waals surface area contributed by atoms with Gasteiger partial charge in [-0.3, -0.25) is 0 Å². The zero-order valence-electron chi connectivity index (χ0n) is 5.63. The Hall–Kier alpha value is -0.750. The van der Waals surface area contributed by atoms with Gasteiger partial charge in [0, 0.05) is 12.5 Å². The van der Waals surface area contributed by atoms with Crippen molar-refractivity contribution in [2.45, 2.75) is 18.4 Å². The lowest BCUT2D eigenvalue weighted by Gasteiger charge is -2.14. The van der Waals surface area contributed by atoms with Crippen molar-refractivity contribution in [1.29, 1.82) is 0 Å². The second-order valence-electron chi connectivity index (χ2n) is 2.16. The van der Waals surface area contributed by atoms with Crippen molar-refractivity contribution in [3.05, 3.63) is 0 Å². The van der Waals surface area contributed by atoms with Crippen LogP contribution in [0.3, 0.4) is 0 Å². The Bertz CT molecular complexity index is 151. The Kier molecular flexibility index (Phi) is 3.34. The third-order valence-corrected chi connectivity index (χ3v) is 1.07. The number of carboxylic acid groups (broad SMARTS) is 1. The largest absolute Gasteiger partial charge is 0.477 e. The predicted molar refractivity (Wildman–Crippen MR) is 32.3 cm³/mol. The van der Waals surface area contributed by atoms with Gasteiger partial charge in [-0.2, -0.15) is 8.78 Å². The fourth-order valence-corrected chi connectivity index (χ4v) is 0.481. The Morgan fingerprint density at radius 3 is 2.36 bits per heavy atom. The zero-order chi connectivity index (χ0) is 9.07. The van der Waals surface area contributed by atoms with Gasteiger partial charge in [0.25, 0.3) is 0 Å². The van der Waals surface area contributed by atoms with Crippen molar-refractivity contribution in [3.8, 4) is 0 Å². The summed E-state index contributed by atoms with van der Waals surface area (Å²) in [6.07, 6.45) is -1.04. The quantitative estimate of drug-likeness (QED) is 0.525. The molecule has 0 bridgehead atoms. The molecule has 11 heavy (non-hydrogen) atoms. The maximum Gasteiger partial charge on any atom is 0.374 e. The molecule has 0 spiro atoms. The lowest BCUT2D eigenvalue weighted by Crippen LogP contribution is -2.38. The number of halogens is 2. The number of carboxylic acids is 1. The van der Waals surface area contributed by atoms with Crippen molar-refractivity contribution in [3.63, 3.8) is 0 Å². The molecule has 4 N–H and O–H groups in total. The number of alkyl halides is 2. The number of hydrogen-bond donors (Lipinski definition) is 3. The first-order valence-corrected chi connectivity index (χ1v) is 2.88. The highest BCUT2D eigenvalue weighted by Gasteiger charge is 2.40. The van der Waals surface area contributed by atoms with E-state index in [0.717, 1.165) is 0 Å². The third-order valence-electron chi connectivity index (χ3n) is 1.07. The predicted octanol–water partition coefficient (Wildman–Crippen LogP) is -0.584. The van der Waals surface area contributed by atoms with E-state index in [-0.39, 0.29) is 0 Å². The van der Waals surface area contributed by atoms with E-state index in [1.54, 1.807) is 0 Å². The number of aliphatic hydroxyl groups excluding tert-OH is 1. The fraction of sp³-hybridized carbons (Fsp3) is 0.800. The molecule has 4 nitrogen and oxygen atoms in total. The average Bonchev–Trinajstić information content (AvgIpc) is 1.86. The van der Waals surface area contributed by atoms with Gasteiger partial charge in [0.1, 0.15) is 0 Å². The van der Waals surface area contributed by atoms with Crippen molar-refractivity contribution in [1.82, 2.24) is 0 Å². The van der Waals surface area contributed by atoms with E-state index in [4.69, 9.17) is 15.9 Å². The van der Waals surface area contributed by atoms with E-state index >= 15 is 0 Å². The molecule has 0 fully saturated rings. The van der Waals surface area contributed by atoms with Crippen LogP contribution in [0.2, 0.25) is 0 Å². The summed E-state index contributed by atoms with van der Waals surface area (Å²) in [6.45, 7) is -0.650. The van der Waals surface area contributed by atoms with Crippen LogP contribution >= 0.6 is 0 Å². The van der Waals surface area contributed by atoms with Crippen LogP contribution < -0.4 is 5.73 Å². The molecular weight excluding hydrogens is 160 g/mol. The Morgan fingerprint density at radius 1 is 1.64 bits per heavy atom. The molecule has 0 amide bonds. The van der Waals surface area contributed by atoms with Crippen LogP contribution in [-0.2, 0) is 4.79 Å². The molecule has 0 aliphatic carbocycles. The SMILES string of the molecule is N[C@H](CO)CC(F)(F)C(=O)O. The molecule has 0 rings (SSSR count). The summed E-state index contributed by atoms with van der Waals surface area (Å²) in [5.74, 6) is -6.07. The summed E-state index contributed by atoms with van der Waals surface area (Å²) in [5, 5.41) is 16.1. The Labute approximate surface area is 61.6 Å². The smallest absolute Gasteiger partial charge is 0.374 e. The van der Waals surface area contributed by atoms with Crippen molar-refractivity contribution in [2.24, 2.45) is 5.73 Å². The number of carbonyl (C=O) groups is 1. The standard InChI is InChI=1S/C5H9F2NO3/c6-5(7,4(10)11)1-3(8)2-9/h3,9H,1-2,8H2,(H,10,11)/t3-/m0/s1. The second kappa shape index (κ2) is 3.59. The summed E-state index contributed by atoms with van der Waals surface area (Å²) in [7, 11) is 0. The summed E-state index contributed by atoms with van der Waals surface area (Å²) in [4.78, 5) is 9.79. The number of rotatable bonds is 4. The lowest BCUT2D eigenvalue weighted by atomic mass is 10.1. The van der Waals surface area contributed by atoms with Crippen LogP contribution in [0, 0.1) is 0 Å². The molecular formula is C5H9F2NO3. The average molecular weight is 169 g/mol. The van der Waals surface area contributed by atoms with Gasteiger partial charge < -0.3 is 15.9 Å². The first-order chi connectivity index (χ1) is 4.90. The molecule has 66 valence electrons. The van der Waals surface area contributed by atoms with Crippen LogP contribution in [-0.4, -0.2) is 34.8 Å². The summed E-state index contributed by atoms with van der Waals surface area (Å²) in [5.41, 5.74) is 4.90. The van der Waals surface area contributed by atoms with Gasteiger partial charge in [0.05, 0.1) is 6.61 Å². The van der Waals surface area contributed by atoms with Crippen LogP contribution in [0.25, 0.3) is 0 Å². The Balaban J connectivity index is 4.01. The van der Waals surface area contributed by atoms with Crippen molar-refractivity contribution in [2.75, 3.05) is 6.61 Å². The zero-order valence-corrected chi connectivity index (χ0v) is 5.63. The highest BCUT2D eigenvalue weighted by Crippen LogP contribution is 2.19. The molecule has 0 aliphatic heterocycles. The third kappa shape index (κ3) is 3.24. The van der Waals surface area contributed by atoms with Crippen molar-refractivity contribution < 1.29 is 23.8 Å². The van der Waals surface area contributed by atoms with Crippen molar-refractivity contribution >= 4 is 5.97 Å². The molecule has 0 unspecified atom stereocenters. The second-order valence-corrected chi connectivity index (χ2v) is 2.16. The number of aliphatic hydroxyl groups is 1. The van der Waals surface area contributed by atoms with Crippen LogP contribution in [0.1, 0.15) is 6.42 Å². The first kappa shape index (κ1) is 10.2. The molecule has 0 aromatic rings. The minimum Gasteiger partial charge on any atom is -0.477 e. The van der Waals surface area contributed by atoms with Gasteiger partial charge >= 0.3 is 11.9 Å². The van der Waals surface area contributed by atoms with E-state index < -0.39 is 31.0 Å². The van der Waals surface area contributed by atoms with E-state index in [0.29, 0.717) is 0 Å². The van der Waals surface area contributed by atoms with E-state index in [9.17, 15) is 13.6 Å². The fourth-order valence-electron chi connectivity index (χ4n) is 0.481. The summed E-state index contributed by atoms with van der Waals surface area (Å²) < 4.78 is 24.4. The minimum absolute atomic E-state index is 0.650. The first-order valence-electron chi connectivity index (χ1n) is 2.88. The van der Waals surface area contributed by atoms with Crippen LogP contribution in [0.5, 0.6) is 0 Å². The summed E-state index contributed by atoms with van der Waals surface area (Å²) in [6, 6.07) is -1.19. The lowest BCUT2D eigenvalue weighted by molar-refractivity contribution is -0.166. The normalized spacial score (nSPS) is 14.5. The minimum atomic E-state index is -3.85. The Morgan fingerprint density at radius 2 is 2.09 bits per heavy atom. The van der Waals surface area contributed by atoms with E-state index in [2.05, 4.69) is 0 Å². The molecule has 1 atom stereocenters. The number of aliphatic carboxylic acids is 1. The maximum atomic E-state index is 12.2. The van der Waals surface area contributed by atoms with Gasteiger partial charge in [0.15, 0.2) is 0 Å². The summed E-state index contributed by atoms with van der Waals surface area (Å²) >= 11 is 0. The molecule has 0 heterocycles. The molecule has 0 saturated carbocycles. The van der Waals surface area contributed by atoms with Gasteiger partial charge in [-0.05, 0) is 0 Å². The van der Waals surface area contributed by atoms with E-state index in [1.807, 2.05) is 0 Å². The van der Waals surface area contributed by atoms with Gasteiger partial charge in [-0.1, -0.05) is 0 Å². The van der Waals surface area contributed by atoms with Gasteiger partial charge in [-0.15, -0.1) is 0 Å². The molecule has 0 aromatic carbocycles. The molecule has 0 aromatic heterocycles. The molecule has 0 radical (unpaired) electrons. The monoisotopic (exact) mass is 169 g/mol. The maximum absolute atomic E-state index is 12.2. The van der Waals surface area contributed by atoms with Gasteiger partial charge in [-0.25, -0.2) is 4.79 Å². The van der Waals surface area contributed by atoms with Crippen LogP contribution in [0.15, 0.2) is 0 Å². The number of hydrogen-bond acceptors (Lipinski definition) is 3. The highest BCUT2D eigenvalue weighted by atomic mass is 19.3. The van der Waals surface area contributed by atoms with Gasteiger partial charge in [0.2, 0.25) is 0 Å². The highest BCUT2D eigenvalue weighted by molar-refractivity contribution is 5.75. The van der Waals surface area contributed by atoms with Crippen LogP contribution in [0.4, 0.5) is 8.78 Å². The molecule has 0 aliphatic rings. The number of nitrogens with two attached hydrogens (primary N) is 1.